The van der Waals surface area contributed by atoms with E-state index in [0.29, 0.717) is 44.9 Å². The number of fused-ring (bicyclic) bond motifs is 1. The fourth-order valence-corrected chi connectivity index (χ4v) is 3.58. The number of carbonyl (C=O) groups is 2. The first-order chi connectivity index (χ1) is 16.0. The van der Waals surface area contributed by atoms with Crippen LogP contribution < -0.4 is 9.47 Å². The van der Waals surface area contributed by atoms with Gasteiger partial charge in [0.2, 0.25) is 0 Å². The van der Waals surface area contributed by atoms with E-state index in [0.717, 1.165) is 5.56 Å². The smallest absolute Gasteiger partial charge is 0.330 e. The highest BCUT2D eigenvalue weighted by Gasteiger charge is 2.25. The summed E-state index contributed by atoms with van der Waals surface area (Å²) in [5, 5.41) is 0.582. The Labute approximate surface area is 191 Å². The number of hydrogen-bond acceptors (Lipinski definition) is 6. The number of ketones is 1. The van der Waals surface area contributed by atoms with E-state index in [2.05, 4.69) is 4.74 Å². The van der Waals surface area contributed by atoms with Crippen LogP contribution in [0.2, 0.25) is 0 Å². The quantitative estimate of drug-likeness (QED) is 0.213. The van der Waals surface area contributed by atoms with Gasteiger partial charge in [-0.2, -0.15) is 0 Å². The summed E-state index contributed by atoms with van der Waals surface area (Å²) in [6, 6.07) is 19.9. The zero-order valence-corrected chi connectivity index (χ0v) is 18.5. The Morgan fingerprint density at radius 2 is 1.61 bits per heavy atom. The average molecular weight is 442 g/mol. The minimum atomic E-state index is -0.485. The van der Waals surface area contributed by atoms with Crippen molar-refractivity contribution in [1.29, 1.82) is 0 Å². The molecular formula is C27H22O6. The maximum Gasteiger partial charge on any atom is 0.330 e. The fourth-order valence-electron chi connectivity index (χ4n) is 3.58. The number of hydrogen-bond donors (Lipinski definition) is 0. The molecule has 6 nitrogen and oxygen atoms in total. The summed E-state index contributed by atoms with van der Waals surface area (Å²) in [6.45, 7) is 0. The Hall–Kier alpha value is -4.32. The van der Waals surface area contributed by atoms with Crippen LogP contribution in [0.5, 0.6) is 11.5 Å². The SMILES string of the molecule is COC(=O)C=Cc1cc(OC)c2oc(-c3ccccc3)c(C(=O)c3ccc(OC)cc3)c2c1. The Morgan fingerprint density at radius 1 is 0.879 bits per heavy atom. The molecule has 3 aromatic carbocycles. The van der Waals surface area contributed by atoms with Crippen molar-refractivity contribution in [3.05, 3.63) is 89.5 Å². The lowest BCUT2D eigenvalue weighted by Gasteiger charge is -2.06. The summed E-state index contributed by atoms with van der Waals surface area (Å²) in [7, 11) is 4.41. The lowest BCUT2D eigenvalue weighted by atomic mass is 9.96. The number of furan rings is 1. The molecule has 1 heterocycles. The van der Waals surface area contributed by atoms with Crippen molar-refractivity contribution in [3.63, 3.8) is 0 Å². The first-order valence-corrected chi connectivity index (χ1v) is 10.2. The third-order valence-corrected chi connectivity index (χ3v) is 5.23. The molecule has 4 rings (SSSR count). The van der Waals surface area contributed by atoms with Gasteiger partial charge in [0.15, 0.2) is 17.1 Å². The van der Waals surface area contributed by atoms with E-state index in [4.69, 9.17) is 13.9 Å². The van der Waals surface area contributed by atoms with E-state index < -0.39 is 5.97 Å². The average Bonchev–Trinajstić information content (AvgIpc) is 3.26. The first-order valence-electron chi connectivity index (χ1n) is 10.2. The molecule has 6 heteroatoms. The van der Waals surface area contributed by atoms with Crippen LogP contribution in [0.3, 0.4) is 0 Å². The normalized spacial score (nSPS) is 11.0. The summed E-state index contributed by atoms with van der Waals surface area (Å²) in [5.41, 5.74) is 2.77. The standard InChI is InChI=1S/C27H22O6/c1-30-20-12-10-18(11-13-20)25(29)24-21-15-17(9-14-23(28)32-3)16-22(31-2)27(21)33-26(24)19-7-5-4-6-8-19/h4-16H,1-3H3. The predicted octanol–water partition coefficient (Wildman–Crippen LogP) is 5.53. The van der Waals surface area contributed by atoms with Gasteiger partial charge in [0.05, 0.1) is 26.9 Å². The molecule has 0 aliphatic heterocycles. The molecule has 1 aromatic heterocycles. The van der Waals surface area contributed by atoms with Gasteiger partial charge < -0.3 is 18.6 Å². The van der Waals surface area contributed by atoms with Crippen molar-refractivity contribution in [2.45, 2.75) is 0 Å². The van der Waals surface area contributed by atoms with Crippen LogP contribution in [0.15, 0.2) is 77.2 Å². The van der Waals surface area contributed by atoms with E-state index >= 15 is 0 Å². The maximum absolute atomic E-state index is 13.7. The number of ether oxygens (including phenoxy) is 3. The van der Waals surface area contributed by atoms with E-state index in [1.807, 2.05) is 30.3 Å². The minimum absolute atomic E-state index is 0.202. The largest absolute Gasteiger partial charge is 0.497 e. The van der Waals surface area contributed by atoms with Crippen molar-refractivity contribution in [1.82, 2.24) is 0 Å². The molecule has 0 fully saturated rings. The van der Waals surface area contributed by atoms with Crippen LogP contribution in [0.4, 0.5) is 0 Å². The summed E-state index contributed by atoms with van der Waals surface area (Å²) in [6.07, 6.45) is 2.91. The van der Waals surface area contributed by atoms with Crippen molar-refractivity contribution in [2.75, 3.05) is 21.3 Å². The van der Waals surface area contributed by atoms with Gasteiger partial charge in [-0.05, 0) is 48.0 Å². The van der Waals surface area contributed by atoms with Gasteiger partial charge in [0.25, 0.3) is 0 Å². The van der Waals surface area contributed by atoms with E-state index in [1.165, 1.54) is 20.3 Å². The summed E-state index contributed by atoms with van der Waals surface area (Å²) < 4.78 is 21.6. The first kappa shape index (κ1) is 21.9. The highest BCUT2D eigenvalue weighted by molar-refractivity contribution is 6.20. The predicted molar refractivity (Wildman–Crippen MR) is 126 cm³/mol. The topological polar surface area (TPSA) is 75.0 Å². The van der Waals surface area contributed by atoms with Crippen LogP contribution in [0.25, 0.3) is 28.4 Å². The molecule has 0 aliphatic rings. The summed E-state index contributed by atoms with van der Waals surface area (Å²) >= 11 is 0. The summed E-state index contributed by atoms with van der Waals surface area (Å²) in [5.74, 6) is 0.859. The lowest BCUT2D eigenvalue weighted by Crippen LogP contribution is -2.02. The second kappa shape index (κ2) is 9.44. The van der Waals surface area contributed by atoms with Crippen LogP contribution in [-0.4, -0.2) is 33.1 Å². The van der Waals surface area contributed by atoms with Crippen LogP contribution in [-0.2, 0) is 9.53 Å². The third kappa shape index (κ3) is 4.36. The van der Waals surface area contributed by atoms with Gasteiger partial charge in [0, 0.05) is 22.6 Å². The molecule has 0 spiro atoms. The van der Waals surface area contributed by atoms with Gasteiger partial charge in [0.1, 0.15) is 11.5 Å². The number of rotatable bonds is 7. The Kier molecular flexibility index (Phi) is 6.26. The van der Waals surface area contributed by atoms with E-state index in [1.54, 1.807) is 49.6 Å². The molecule has 0 saturated carbocycles. The second-order valence-corrected chi connectivity index (χ2v) is 7.19. The number of carbonyl (C=O) groups excluding carboxylic acids is 2. The molecule has 4 aromatic rings. The zero-order chi connectivity index (χ0) is 23.4. The van der Waals surface area contributed by atoms with Crippen LogP contribution in [0, 0.1) is 0 Å². The zero-order valence-electron chi connectivity index (χ0n) is 18.5. The van der Waals surface area contributed by atoms with Gasteiger partial charge in [-0.1, -0.05) is 30.3 Å². The Morgan fingerprint density at radius 3 is 2.24 bits per heavy atom. The number of esters is 1. The fraction of sp³-hybridized carbons (Fsp3) is 0.111. The molecular weight excluding hydrogens is 420 g/mol. The highest BCUT2D eigenvalue weighted by atomic mass is 16.5. The molecule has 0 unspecified atom stereocenters. The second-order valence-electron chi connectivity index (χ2n) is 7.19. The molecule has 0 N–H and O–H groups in total. The van der Waals surface area contributed by atoms with Crippen molar-refractivity contribution < 1.29 is 28.2 Å². The monoisotopic (exact) mass is 442 g/mol. The summed E-state index contributed by atoms with van der Waals surface area (Å²) in [4.78, 5) is 25.3. The van der Waals surface area contributed by atoms with Crippen molar-refractivity contribution >= 4 is 28.8 Å². The van der Waals surface area contributed by atoms with Gasteiger partial charge in [-0.3, -0.25) is 4.79 Å². The van der Waals surface area contributed by atoms with Gasteiger partial charge in [-0.15, -0.1) is 0 Å². The van der Waals surface area contributed by atoms with E-state index in [-0.39, 0.29) is 5.78 Å². The molecule has 0 amide bonds. The number of benzene rings is 3. The van der Waals surface area contributed by atoms with Gasteiger partial charge in [-0.25, -0.2) is 4.79 Å². The Balaban J connectivity index is 1.96. The molecule has 0 bridgehead atoms. The molecule has 166 valence electrons. The molecule has 0 radical (unpaired) electrons. The molecule has 0 aliphatic carbocycles. The van der Waals surface area contributed by atoms with Crippen molar-refractivity contribution in [2.24, 2.45) is 0 Å². The highest BCUT2D eigenvalue weighted by Crippen LogP contribution is 2.40. The van der Waals surface area contributed by atoms with Gasteiger partial charge >= 0.3 is 5.97 Å². The molecule has 33 heavy (non-hydrogen) atoms. The minimum Gasteiger partial charge on any atom is -0.497 e. The maximum atomic E-state index is 13.7. The molecule has 0 atom stereocenters. The lowest BCUT2D eigenvalue weighted by molar-refractivity contribution is -0.134. The Bertz CT molecular complexity index is 1330. The van der Waals surface area contributed by atoms with Crippen LogP contribution >= 0.6 is 0 Å². The van der Waals surface area contributed by atoms with Crippen LogP contribution in [0.1, 0.15) is 21.5 Å². The number of methoxy groups -OCH3 is 3. The van der Waals surface area contributed by atoms with E-state index in [9.17, 15) is 9.59 Å². The third-order valence-electron chi connectivity index (χ3n) is 5.23. The molecule has 0 saturated heterocycles. The van der Waals surface area contributed by atoms with Crippen molar-refractivity contribution in [3.8, 4) is 22.8 Å².